The average Bonchev–Trinajstić information content (AvgIpc) is 3.59. The minimum absolute atomic E-state index is 0.123. The molecular formula is C26H23F3N8O3. The van der Waals surface area contributed by atoms with E-state index in [1.807, 2.05) is 0 Å². The first-order valence-corrected chi connectivity index (χ1v) is 12.4. The molecular weight excluding hydrogens is 529 g/mol. The van der Waals surface area contributed by atoms with Crippen LogP contribution >= 0.6 is 0 Å². The topological polar surface area (TPSA) is 126 Å². The number of nitrogens with zero attached hydrogens (tertiary/aromatic N) is 8. The molecule has 1 aliphatic rings. The summed E-state index contributed by atoms with van der Waals surface area (Å²) in [5.74, 6) is 1.06. The van der Waals surface area contributed by atoms with Gasteiger partial charge in [-0.1, -0.05) is 12.1 Å². The van der Waals surface area contributed by atoms with Gasteiger partial charge in [-0.25, -0.2) is 29.3 Å². The van der Waals surface area contributed by atoms with Crippen molar-refractivity contribution in [1.29, 1.82) is 0 Å². The monoisotopic (exact) mass is 552 g/mol. The Bertz CT molecular complexity index is 1660. The van der Waals surface area contributed by atoms with Crippen LogP contribution in [-0.4, -0.2) is 64.9 Å². The van der Waals surface area contributed by atoms with Crippen molar-refractivity contribution in [3.8, 4) is 28.8 Å². The van der Waals surface area contributed by atoms with Crippen LogP contribution in [0.4, 0.5) is 13.2 Å². The summed E-state index contributed by atoms with van der Waals surface area (Å²) in [5, 5.41) is 17.9. The molecule has 0 atom stereocenters. The van der Waals surface area contributed by atoms with E-state index in [1.165, 1.54) is 6.33 Å². The number of fused-ring (bicyclic) bond motifs is 1. The molecule has 0 unspecified atom stereocenters. The normalized spacial score (nSPS) is 13.6. The van der Waals surface area contributed by atoms with Crippen molar-refractivity contribution in [2.75, 3.05) is 20.3 Å². The zero-order valence-electron chi connectivity index (χ0n) is 21.2. The fourth-order valence-corrected chi connectivity index (χ4v) is 4.37. The highest BCUT2D eigenvalue weighted by Crippen LogP contribution is 2.44. The van der Waals surface area contributed by atoms with Gasteiger partial charge in [-0.15, -0.1) is 0 Å². The van der Waals surface area contributed by atoms with Gasteiger partial charge in [0, 0.05) is 18.2 Å². The molecule has 1 aliphatic carbocycles. The van der Waals surface area contributed by atoms with E-state index in [9.17, 15) is 13.2 Å². The van der Waals surface area contributed by atoms with Gasteiger partial charge in [0.25, 0.3) is 0 Å². The molecule has 14 heteroatoms. The molecule has 4 heterocycles. The van der Waals surface area contributed by atoms with Crippen molar-refractivity contribution in [2.24, 2.45) is 0 Å². The molecule has 0 amide bonds. The molecule has 0 bridgehead atoms. The van der Waals surface area contributed by atoms with Crippen LogP contribution in [0.2, 0.25) is 0 Å². The SMILES string of the molecule is COc1ncnc(C2CC2)c1-c1ncc2cnn(Cc3ccc(-n4nc(C(F)(F)F)cc4OCCO)cc3)c2n1. The number of aliphatic hydroxyl groups is 1. The smallest absolute Gasteiger partial charge is 0.435 e. The lowest BCUT2D eigenvalue weighted by Gasteiger charge is -2.11. The fourth-order valence-electron chi connectivity index (χ4n) is 4.37. The van der Waals surface area contributed by atoms with Gasteiger partial charge in [-0.05, 0) is 30.5 Å². The van der Waals surface area contributed by atoms with Crippen LogP contribution in [0.15, 0.2) is 49.1 Å². The van der Waals surface area contributed by atoms with Gasteiger partial charge in [0.05, 0.1) is 43.2 Å². The molecule has 1 saturated carbocycles. The lowest BCUT2D eigenvalue weighted by molar-refractivity contribution is -0.141. The highest BCUT2D eigenvalue weighted by Gasteiger charge is 2.35. The van der Waals surface area contributed by atoms with Gasteiger partial charge < -0.3 is 14.6 Å². The number of alkyl halides is 3. The van der Waals surface area contributed by atoms with Crippen molar-refractivity contribution < 1.29 is 27.8 Å². The van der Waals surface area contributed by atoms with Gasteiger partial charge >= 0.3 is 6.18 Å². The number of methoxy groups -OCH3 is 1. The summed E-state index contributed by atoms with van der Waals surface area (Å²) in [6.07, 6.45) is 2.28. The standard InChI is InChI=1S/C26H23F3N8O3/c1-39-25-21(22(16-4-5-16)31-14-32-25)23-30-11-17-12-33-36(24(17)34-23)13-15-2-6-18(7-3-15)37-20(40-9-8-38)10-19(35-37)26(27,28)29/h2-3,6-7,10-12,14,16,38H,4-5,8-9,13H2,1H3. The molecule has 0 radical (unpaired) electrons. The first kappa shape index (κ1) is 25.7. The van der Waals surface area contributed by atoms with Crippen molar-refractivity contribution >= 4 is 11.0 Å². The van der Waals surface area contributed by atoms with Crippen LogP contribution < -0.4 is 9.47 Å². The molecule has 206 valence electrons. The summed E-state index contributed by atoms with van der Waals surface area (Å²) in [6, 6.07) is 7.59. The Morgan fingerprint density at radius 3 is 2.58 bits per heavy atom. The van der Waals surface area contributed by atoms with Crippen molar-refractivity contribution in [3.63, 3.8) is 0 Å². The molecule has 40 heavy (non-hydrogen) atoms. The third kappa shape index (κ3) is 4.93. The minimum Gasteiger partial charge on any atom is -0.480 e. The van der Waals surface area contributed by atoms with E-state index in [2.05, 4.69) is 25.1 Å². The lowest BCUT2D eigenvalue weighted by atomic mass is 10.1. The Balaban J connectivity index is 1.30. The Kier molecular flexibility index (Phi) is 6.54. The molecule has 4 aromatic heterocycles. The van der Waals surface area contributed by atoms with Crippen LogP contribution in [0.1, 0.15) is 35.7 Å². The highest BCUT2D eigenvalue weighted by molar-refractivity contribution is 5.77. The van der Waals surface area contributed by atoms with Gasteiger partial charge in [-0.3, -0.25) is 0 Å². The predicted molar refractivity (Wildman–Crippen MR) is 135 cm³/mol. The van der Waals surface area contributed by atoms with E-state index >= 15 is 0 Å². The number of ether oxygens (including phenoxy) is 2. The lowest BCUT2D eigenvalue weighted by Crippen LogP contribution is -2.09. The molecule has 6 rings (SSSR count). The first-order chi connectivity index (χ1) is 19.4. The zero-order chi connectivity index (χ0) is 27.9. The van der Waals surface area contributed by atoms with E-state index in [0.29, 0.717) is 41.1 Å². The zero-order valence-corrected chi connectivity index (χ0v) is 21.2. The molecule has 0 spiro atoms. The van der Waals surface area contributed by atoms with Crippen molar-refractivity contribution in [3.05, 3.63) is 66.0 Å². The predicted octanol–water partition coefficient (Wildman–Crippen LogP) is 3.79. The minimum atomic E-state index is -4.64. The highest BCUT2D eigenvalue weighted by atomic mass is 19.4. The van der Waals surface area contributed by atoms with Crippen LogP contribution in [-0.2, 0) is 12.7 Å². The maximum atomic E-state index is 13.3. The van der Waals surface area contributed by atoms with E-state index < -0.39 is 11.9 Å². The number of aliphatic hydroxyl groups excluding tert-OH is 1. The largest absolute Gasteiger partial charge is 0.480 e. The van der Waals surface area contributed by atoms with Gasteiger partial charge in [0.2, 0.25) is 11.8 Å². The molecule has 0 saturated heterocycles. The Morgan fingerprint density at radius 2 is 1.88 bits per heavy atom. The number of hydrogen-bond acceptors (Lipinski definition) is 9. The average molecular weight is 553 g/mol. The van der Waals surface area contributed by atoms with Crippen molar-refractivity contribution in [2.45, 2.75) is 31.5 Å². The van der Waals surface area contributed by atoms with E-state index in [-0.39, 0.29) is 19.1 Å². The summed E-state index contributed by atoms with van der Waals surface area (Å²) in [7, 11) is 1.55. The number of hydrogen-bond donors (Lipinski definition) is 1. The van der Waals surface area contributed by atoms with E-state index in [1.54, 1.807) is 48.5 Å². The number of halogens is 3. The molecule has 11 nitrogen and oxygen atoms in total. The quantitative estimate of drug-likeness (QED) is 0.291. The van der Waals surface area contributed by atoms with Gasteiger partial charge in [0.1, 0.15) is 18.5 Å². The number of benzene rings is 1. The van der Waals surface area contributed by atoms with Crippen LogP contribution in [0, 0.1) is 0 Å². The summed E-state index contributed by atoms with van der Waals surface area (Å²) >= 11 is 0. The summed E-state index contributed by atoms with van der Waals surface area (Å²) < 4.78 is 53.3. The maximum Gasteiger partial charge on any atom is 0.435 e. The first-order valence-electron chi connectivity index (χ1n) is 12.4. The van der Waals surface area contributed by atoms with E-state index in [4.69, 9.17) is 19.6 Å². The Hall–Kier alpha value is -4.59. The second-order valence-electron chi connectivity index (χ2n) is 9.21. The number of rotatable bonds is 9. The van der Waals surface area contributed by atoms with Crippen LogP contribution in [0.25, 0.3) is 28.1 Å². The summed E-state index contributed by atoms with van der Waals surface area (Å²) in [4.78, 5) is 18.0. The Morgan fingerprint density at radius 1 is 1.07 bits per heavy atom. The van der Waals surface area contributed by atoms with Gasteiger partial charge in [-0.2, -0.15) is 23.4 Å². The molecule has 1 N–H and O–H groups in total. The van der Waals surface area contributed by atoms with Crippen LogP contribution in [0.5, 0.6) is 11.8 Å². The maximum absolute atomic E-state index is 13.3. The number of aromatic nitrogens is 8. The fraction of sp³-hybridized carbons (Fsp3) is 0.308. The summed E-state index contributed by atoms with van der Waals surface area (Å²) in [5.41, 5.74) is 2.24. The second kappa shape index (κ2) is 10.2. The third-order valence-corrected chi connectivity index (χ3v) is 6.42. The van der Waals surface area contributed by atoms with E-state index in [0.717, 1.165) is 40.2 Å². The van der Waals surface area contributed by atoms with Crippen LogP contribution in [0.3, 0.4) is 0 Å². The molecule has 5 aromatic rings. The van der Waals surface area contributed by atoms with Crippen molar-refractivity contribution in [1.82, 2.24) is 39.5 Å². The summed E-state index contributed by atoms with van der Waals surface area (Å²) in [6.45, 7) is -0.167. The third-order valence-electron chi connectivity index (χ3n) is 6.42. The van der Waals surface area contributed by atoms with Gasteiger partial charge in [0.15, 0.2) is 17.2 Å². The molecule has 1 aromatic carbocycles. The second-order valence-corrected chi connectivity index (χ2v) is 9.21. The Labute approximate surface area is 225 Å². The molecule has 0 aliphatic heterocycles. The molecule has 1 fully saturated rings.